The minimum absolute atomic E-state index is 0.709. The molecule has 1 heterocycles. The van der Waals surface area contributed by atoms with E-state index < -0.39 is 0 Å². The Hall–Kier alpha value is -0.860. The van der Waals surface area contributed by atoms with Crippen molar-refractivity contribution in [2.75, 3.05) is 20.2 Å². The molecule has 84 valence electrons. The molecule has 0 saturated carbocycles. The van der Waals surface area contributed by atoms with E-state index in [4.69, 9.17) is 4.74 Å². The zero-order valence-electron chi connectivity index (χ0n) is 9.54. The number of nitrogens with one attached hydrogen (secondary N) is 1. The summed E-state index contributed by atoms with van der Waals surface area (Å²) in [5.74, 6) is 0. The highest BCUT2D eigenvalue weighted by Gasteiger charge is 1.93. The van der Waals surface area contributed by atoms with Gasteiger partial charge in [-0.05, 0) is 31.5 Å². The first kappa shape index (κ1) is 12.2. The molecule has 0 radical (unpaired) electrons. The van der Waals surface area contributed by atoms with E-state index in [1.807, 2.05) is 30.3 Å². The lowest BCUT2D eigenvalue weighted by Crippen LogP contribution is -2.21. The summed E-state index contributed by atoms with van der Waals surface area (Å²) in [5, 5.41) is 3.28. The molecule has 0 aliphatic carbocycles. The third-order valence-corrected chi connectivity index (χ3v) is 2.36. The maximum absolute atomic E-state index is 4.93. The molecule has 0 amide bonds. The predicted octanol–water partition coefficient (Wildman–Crippen LogP) is 2.59. The first-order chi connectivity index (χ1) is 7.43. The van der Waals surface area contributed by atoms with Crippen molar-refractivity contribution < 1.29 is 4.74 Å². The van der Waals surface area contributed by atoms with Crippen LogP contribution in [-0.2, 0) is 11.3 Å². The van der Waals surface area contributed by atoms with Crippen molar-refractivity contribution in [2.24, 2.45) is 0 Å². The fourth-order valence-electron chi connectivity index (χ4n) is 1.54. The van der Waals surface area contributed by atoms with Gasteiger partial charge in [-0.15, -0.1) is 0 Å². The summed E-state index contributed by atoms with van der Waals surface area (Å²) in [6, 6.07) is 10.1. The molecule has 0 unspecified atom stereocenters. The van der Waals surface area contributed by atoms with Gasteiger partial charge in [0.25, 0.3) is 0 Å². The van der Waals surface area contributed by atoms with Gasteiger partial charge in [0, 0.05) is 7.11 Å². The van der Waals surface area contributed by atoms with Crippen molar-refractivity contribution in [3.05, 3.63) is 35.9 Å². The summed E-state index contributed by atoms with van der Waals surface area (Å²) >= 11 is 0. The summed E-state index contributed by atoms with van der Waals surface area (Å²) in [5.41, 5.74) is 1.22. The van der Waals surface area contributed by atoms with Crippen LogP contribution in [0.15, 0.2) is 30.3 Å². The van der Waals surface area contributed by atoms with Crippen molar-refractivity contribution >= 4 is 0 Å². The molecule has 0 aromatic heterocycles. The summed E-state index contributed by atoms with van der Waals surface area (Å²) < 4.78 is 4.93. The van der Waals surface area contributed by atoms with E-state index >= 15 is 0 Å². The van der Waals surface area contributed by atoms with Gasteiger partial charge < -0.3 is 10.1 Å². The minimum Gasteiger partial charge on any atom is -0.380 e. The minimum atomic E-state index is 0.709. The van der Waals surface area contributed by atoms with Crippen molar-refractivity contribution in [1.82, 2.24) is 5.32 Å². The highest BCUT2D eigenvalue weighted by atomic mass is 16.5. The Bertz CT molecular complexity index is 220. The van der Waals surface area contributed by atoms with E-state index in [1.165, 1.54) is 37.9 Å². The van der Waals surface area contributed by atoms with Gasteiger partial charge in [-0.1, -0.05) is 36.8 Å². The van der Waals surface area contributed by atoms with Gasteiger partial charge >= 0.3 is 0 Å². The summed E-state index contributed by atoms with van der Waals surface area (Å²) in [6.45, 7) is 3.21. The van der Waals surface area contributed by atoms with Crippen molar-refractivity contribution in [3.63, 3.8) is 0 Å². The molecule has 0 atom stereocenters. The lowest BCUT2D eigenvalue weighted by atomic mass is 10.2. The molecule has 1 aliphatic heterocycles. The van der Waals surface area contributed by atoms with Crippen LogP contribution in [0.2, 0.25) is 0 Å². The molecular weight excluding hydrogens is 186 g/mol. The zero-order chi connectivity index (χ0) is 10.8. The van der Waals surface area contributed by atoms with Crippen LogP contribution < -0.4 is 5.32 Å². The van der Waals surface area contributed by atoms with Gasteiger partial charge in [0.2, 0.25) is 0 Å². The fourth-order valence-corrected chi connectivity index (χ4v) is 1.54. The quantitative estimate of drug-likeness (QED) is 0.805. The Kier molecular flexibility index (Phi) is 6.88. The van der Waals surface area contributed by atoms with Crippen LogP contribution >= 0.6 is 0 Å². The number of hydrogen-bond acceptors (Lipinski definition) is 2. The van der Waals surface area contributed by atoms with Crippen LogP contribution in [0.1, 0.15) is 24.8 Å². The maximum Gasteiger partial charge on any atom is 0.0713 e. The van der Waals surface area contributed by atoms with Crippen LogP contribution in [0.5, 0.6) is 0 Å². The topological polar surface area (TPSA) is 21.3 Å². The molecule has 2 rings (SSSR count). The van der Waals surface area contributed by atoms with E-state index in [-0.39, 0.29) is 0 Å². The third kappa shape index (κ3) is 6.26. The Labute approximate surface area is 92.6 Å². The fraction of sp³-hybridized carbons (Fsp3) is 0.538. The number of rotatable bonds is 2. The molecule has 1 aromatic rings. The molecule has 0 bridgehead atoms. The van der Waals surface area contributed by atoms with Crippen LogP contribution in [0, 0.1) is 0 Å². The second-order valence-electron chi connectivity index (χ2n) is 3.73. The maximum atomic E-state index is 4.93. The Balaban J connectivity index is 0.000000162. The van der Waals surface area contributed by atoms with E-state index in [0.29, 0.717) is 6.61 Å². The normalized spacial score (nSPS) is 15.3. The summed E-state index contributed by atoms with van der Waals surface area (Å²) in [6.07, 6.45) is 4.22. The highest BCUT2D eigenvalue weighted by Crippen LogP contribution is 1.98. The standard InChI is InChI=1S/C8H10O.C5H11N/c1-9-7-8-5-3-2-4-6-8;1-2-4-6-5-3-1/h2-6H,7H2,1H3;6H,1-5H2. The second kappa shape index (κ2) is 8.45. The average molecular weight is 207 g/mol. The monoisotopic (exact) mass is 207 g/mol. The van der Waals surface area contributed by atoms with Crippen molar-refractivity contribution in [2.45, 2.75) is 25.9 Å². The molecule has 1 aliphatic rings. The number of methoxy groups -OCH3 is 1. The van der Waals surface area contributed by atoms with Gasteiger partial charge in [-0.2, -0.15) is 0 Å². The van der Waals surface area contributed by atoms with Crippen LogP contribution in [0.3, 0.4) is 0 Å². The molecule has 15 heavy (non-hydrogen) atoms. The molecule has 0 spiro atoms. The molecule has 1 aromatic carbocycles. The molecular formula is C13H21NO. The molecule has 2 nitrogen and oxygen atoms in total. The summed E-state index contributed by atoms with van der Waals surface area (Å²) in [7, 11) is 1.70. The van der Waals surface area contributed by atoms with Crippen LogP contribution in [-0.4, -0.2) is 20.2 Å². The predicted molar refractivity (Wildman–Crippen MR) is 63.9 cm³/mol. The largest absolute Gasteiger partial charge is 0.380 e. The number of ether oxygens (including phenoxy) is 1. The highest BCUT2D eigenvalue weighted by molar-refractivity contribution is 5.13. The van der Waals surface area contributed by atoms with Gasteiger partial charge in [0.1, 0.15) is 0 Å². The molecule has 2 heteroatoms. The van der Waals surface area contributed by atoms with Crippen molar-refractivity contribution in [1.29, 1.82) is 0 Å². The van der Waals surface area contributed by atoms with Gasteiger partial charge in [-0.3, -0.25) is 0 Å². The Morgan fingerprint density at radius 2 is 1.73 bits per heavy atom. The van der Waals surface area contributed by atoms with E-state index in [2.05, 4.69) is 5.32 Å². The number of hydrogen-bond donors (Lipinski definition) is 1. The van der Waals surface area contributed by atoms with Crippen molar-refractivity contribution in [3.8, 4) is 0 Å². The molecule has 1 saturated heterocycles. The lowest BCUT2D eigenvalue weighted by Gasteiger charge is -2.08. The van der Waals surface area contributed by atoms with Gasteiger partial charge in [-0.25, -0.2) is 0 Å². The third-order valence-electron chi connectivity index (χ3n) is 2.36. The molecule has 1 fully saturated rings. The average Bonchev–Trinajstić information content (AvgIpc) is 2.34. The Morgan fingerprint density at radius 1 is 1.07 bits per heavy atom. The van der Waals surface area contributed by atoms with E-state index in [9.17, 15) is 0 Å². The lowest BCUT2D eigenvalue weighted by molar-refractivity contribution is 0.185. The Morgan fingerprint density at radius 3 is 2.13 bits per heavy atom. The smallest absolute Gasteiger partial charge is 0.0713 e. The molecule has 1 N–H and O–H groups in total. The number of piperidine rings is 1. The van der Waals surface area contributed by atoms with Crippen LogP contribution in [0.4, 0.5) is 0 Å². The van der Waals surface area contributed by atoms with Crippen LogP contribution in [0.25, 0.3) is 0 Å². The van der Waals surface area contributed by atoms with Gasteiger partial charge in [0.05, 0.1) is 6.61 Å². The SMILES string of the molecule is C1CCNCC1.COCc1ccccc1. The van der Waals surface area contributed by atoms with Gasteiger partial charge in [0.15, 0.2) is 0 Å². The first-order valence-corrected chi connectivity index (χ1v) is 5.67. The van der Waals surface area contributed by atoms with E-state index in [1.54, 1.807) is 7.11 Å². The van der Waals surface area contributed by atoms with E-state index in [0.717, 1.165) is 0 Å². The zero-order valence-corrected chi connectivity index (χ0v) is 9.54. The second-order valence-corrected chi connectivity index (χ2v) is 3.73. The first-order valence-electron chi connectivity index (χ1n) is 5.67. The number of benzene rings is 1. The summed E-state index contributed by atoms with van der Waals surface area (Å²) in [4.78, 5) is 0.